The molecule has 1 fully saturated rings. The first kappa shape index (κ1) is 20.5. The molecule has 0 aliphatic carbocycles. The van der Waals surface area contributed by atoms with Gasteiger partial charge < -0.3 is 14.8 Å². The van der Waals surface area contributed by atoms with Crippen molar-refractivity contribution in [2.24, 2.45) is 5.92 Å². The van der Waals surface area contributed by atoms with Crippen LogP contribution in [-0.4, -0.2) is 42.2 Å². The van der Waals surface area contributed by atoms with Crippen LogP contribution in [0.5, 0.6) is 5.75 Å². The molecule has 2 aliphatic heterocycles. The molecule has 0 unspecified atom stereocenters. The number of nitrogens with one attached hydrogen (secondary N) is 1. The van der Waals surface area contributed by atoms with Crippen LogP contribution >= 0.6 is 0 Å². The Morgan fingerprint density at radius 3 is 2.82 bits per heavy atom. The standard InChI is InChI=1S/C20H29N3O5/c1-2-3-4-7-21-20(24)15-5-8-22(9-6-15)12-16-10-18(23(25)26)11-17-13-27-14-28-19(16)17/h10-11,15H,2-9,12-14H2,1H3,(H,21,24). The molecule has 1 aromatic carbocycles. The molecule has 154 valence electrons. The number of nitrogens with zero attached hydrogens (tertiary/aromatic N) is 2. The van der Waals surface area contributed by atoms with Crippen molar-refractivity contribution < 1.29 is 19.2 Å². The number of hydrogen-bond donors (Lipinski definition) is 1. The summed E-state index contributed by atoms with van der Waals surface area (Å²) >= 11 is 0. The number of nitro groups is 1. The molecule has 0 bridgehead atoms. The summed E-state index contributed by atoms with van der Waals surface area (Å²) in [5, 5.41) is 14.3. The number of piperidine rings is 1. The van der Waals surface area contributed by atoms with E-state index in [2.05, 4.69) is 17.1 Å². The normalized spacial score (nSPS) is 17.6. The lowest BCUT2D eigenvalue weighted by Gasteiger charge is -2.32. The Morgan fingerprint density at radius 2 is 2.11 bits per heavy atom. The lowest BCUT2D eigenvalue weighted by atomic mass is 9.95. The summed E-state index contributed by atoms with van der Waals surface area (Å²) in [6, 6.07) is 3.11. The number of unbranched alkanes of at least 4 members (excludes halogenated alkanes) is 2. The summed E-state index contributed by atoms with van der Waals surface area (Å²) in [5.74, 6) is 0.915. The summed E-state index contributed by atoms with van der Waals surface area (Å²) in [7, 11) is 0. The third-order valence-corrected chi connectivity index (χ3v) is 5.41. The number of amides is 1. The number of rotatable bonds is 8. The predicted molar refractivity (Wildman–Crippen MR) is 104 cm³/mol. The Morgan fingerprint density at radius 1 is 1.32 bits per heavy atom. The summed E-state index contributed by atoms with van der Waals surface area (Å²) < 4.78 is 10.9. The van der Waals surface area contributed by atoms with Crippen LogP contribution in [0, 0.1) is 16.0 Å². The molecule has 28 heavy (non-hydrogen) atoms. The van der Waals surface area contributed by atoms with E-state index in [0.717, 1.165) is 62.9 Å². The number of ether oxygens (including phenoxy) is 2. The lowest BCUT2D eigenvalue weighted by Crippen LogP contribution is -2.40. The smallest absolute Gasteiger partial charge is 0.270 e. The maximum absolute atomic E-state index is 12.3. The van der Waals surface area contributed by atoms with E-state index in [1.807, 2.05) is 0 Å². The zero-order valence-electron chi connectivity index (χ0n) is 16.4. The average Bonchev–Trinajstić information content (AvgIpc) is 2.71. The van der Waals surface area contributed by atoms with E-state index in [-0.39, 0.29) is 29.2 Å². The van der Waals surface area contributed by atoms with Crippen LogP contribution in [0.25, 0.3) is 0 Å². The minimum absolute atomic E-state index is 0.0570. The van der Waals surface area contributed by atoms with Gasteiger partial charge in [0.2, 0.25) is 5.91 Å². The van der Waals surface area contributed by atoms with Crippen LogP contribution in [0.2, 0.25) is 0 Å². The Kier molecular flexibility index (Phi) is 7.22. The van der Waals surface area contributed by atoms with Crippen LogP contribution in [0.3, 0.4) is 0 Å². The van der Waals surface area contributed by atoms with Crippen LogP contribution < -0.4 is 10.1 Å². The van der Waals surface area contributed by atoms with Gasteiger partial charge in [-0.1, -0.05) is 19.8 Å². The van der Waals surface area contributed by atoms with Gasteiger partial charge in [-0.3, -0.25) is 19.8 Å². The van der Waals surface area contributed by atoms with E-state index in [0.29, 0.717) is 18.9 Å². The van der Waals surface area contributed by atoms with Gasteiger partial charge in [-0.15, -0.1) is 0 Å². The zero-order chi connectivity index (χ0) is 19.9. The van der Waals surface area contributed by atoms with Crippen molar-refractivity contribution in [1.82, 2.24) is 10.2 Å². The topological polar surface area (TPSA) is 93.9 Å². The molecule has 1 amide bonds. The van der Waals surface area contributed by atoms with Crippen molar-refractivity contribution in [2.45, 2.75) is 52.2 Å². The number of fused-ring (bicyclic) bond motifs is 1. The fourth-order valence-corrected chi connectivity index (χ4v) is 3.83. The maximum Gasteiger partial charge on any atom is 0.270 e. The molecule has 8 nitrogen and oxygen atoms in total. The van der Waals surface area contributed by atoms with Crippen molar-refractivity contribution in [1.29, 1.82) is 0 Å². The minimum Gasteiger partial charge on any atom is -0.467 e. The fourth-order valence-electron chi connectivity index (χ4n) is 3.83. The molecule has 0 radical (unpaired) electrons. The first-order valence-electron chi connectivity index (χ1n) is 10.1. The first-order valence-corrected chi connectivity index (χ1v) is 10.1. The molecule has 8 heteroatoms. The van der Waals surface area contributed by atoms with E-state index >= 15 is 0 Å². The largest absolute Gasteiger partial charge is 0.467 e. The fraction of sp³-hybridized carbons (Fsp3) is 0.650. The maximum atomic E-state index is 12.3. The molecular weight excluding hydrogens is 362 g/mol. The van der Waals surface area contributed by atoms with E-state index in [1.165, 1.54) is 6.07 Å². The highest BCUT2D eigenvalue weighted by molar-refractivity contribution is 5.78. The number of carbonyl (C=O) groups excluding carboxylic acids is 1. The summed E-state index contributed by atoms with van der Waals surface area (Å²) in [5.41, 5.74) is 1.59. The van der Waals surface area contributed by atoms with Crippen LogP contribution in [0.1, 0.15) is 50.2 Å². The Hall–Kier alpha value is -2.19. The van der Waals surface area contributed by atoms with Crippen molar-refractivity contribution in [3.8, 4) is 5.75 Å². The molecule has 2 heterocycles. The van der Waals surface area contributed by atoms with Gasteiger partial charge in [0.05, 0.1) is 11.5 Å². The highest BCUT2D eigenvalue weighted by Crippen LogP contribution is 2.34. The Bertz CT molecular complexity index is 701. The predicted octanol–water partition coefficient (Wildman–Crippen LogP) is 2.98. The molecule has 1 N–H and O–H groups in total. The Balaban J connectivity index is 1.57. The second-order valence-electron chi connectivity index (χ2n) is 7.51. The number of non-ortho nitro benzene ring substituents is 1. The van der Waals surface area contributed by atoms with Gasteiger partial charge in [0, 0.05) is 42.3 Å². The highest BCUT2D eigenvalue weighted by atomic mass is 16.7. The van der Waals surface area contributed by atoms with Crippen molar-refractivity contribution >= 4 is 11.6 Å². The third-order valence-electron chi connectivity index (χ3n) is 5.41. The SMILES string of the molecule is CCCCCNC(=O)C1CCN(Cc2cc([N+](=O)[O-])cc3c2OCOC3)CC1. The van der Waals surface area contributed by atoms with E-state index in [4.69, 9.17) is 9.47 Å². The summed E-state index contributed by atoms with van der Waals surface area (Å²) in [6.07, 6.45) is 4.93. The van der Waals surface area contributed by atoms with Gasteiger partial charge in [0.15, 0.2) is 6.79 Å². The molecular formula is C20H29N3O5. The van der Waals surface area contributed by atoms with Crippen molar-refractivity contribution in [3.05, 3.63) is 33.4 Å². The van der Waals surface area contributed by atoms with Crippen LogP contribution in [0.4, 0.5) is 5.69 Å². The van der Waals surface area contributed by atoms with Crippen LogP contribution in [-0.2, 0) is 22.7 Å². The number of likely N-dealkylation sites (tertiary alicyclic amines) is 1. The number of benzene rings is 1. The summed E-state index contributed by atoms with van der Waals surface area (Å²) in [4.78, 5) is 25.4. The molecule has 2 aliphatic rings. The minimum atomic E-state index is -0.381. The first-order chi connectivity index (χ1) is 13.6. The third kappa shape index (κ3) is 5.20. The van der Waals surface area contributed by atoms with Gasteiger partial charge in [-0.25, -0.2) is 0 Å². The number of carbonyl (C=O) groups is 1. The van der Waals surface area contributed by atoms with Gasteiger partial charge in [-0.2, -0.15) is 0 Å². The van der Waals surface area contributed by atoms with Crippen molar-refractivity contribution in [3.63, 3.8) is 0 Å². The van der Waals surface area contributed by atoms with Gasteiger partial charge >= 0.3 is 0 Å². The Labute approximate surface area is 165 Å². The number of nitro benzene ring substituents is 1. The van der Waals surface area contributed by atoms with E-state index in [1.54, 1.807) is 6.07 Å². The van der Waals surface area contributed by atoms with E-state index in [9.17, 15) is 14.9 Å². The monoisotopic (exact) mass is 391 g/mol. The molecule has 0 spiro atoms. The highest BCUT2D eigenvalue weighted by Gasteiger charge is 2.27. The summed E-state index contributed by atoms with van der Waals surface area (Å²) in [6.45, 7) is 5.56. The zero-order valence-corrected chi connectivity index (χ0v) is 16.4. The molecule has 0 atom stereocenters. The van der Waals surface area contributed by atoms with Crippen molar-refractivity contribution in [2.75, 3.05) is 26.4 Å². The van der Waals surface area contributed by atoms with Gasteiger partial charge in [0.25, 0.3) is 5.69 Å². The number of hydrogen-bond acceptors (Lipinski definition) is 6. The molecule has 0 saturated carbocycles. The average molecular weight is 391 g/mol. The molecule has 1 aromatic rings. The lowest BCUT2D eigenvalue weighted by molar-refractivity contribution is -0.385. The molecule has 1 saturated heterocycles. The molecule has 0 aromatic heterocycles. The van der Waals surface area contributed by atoms with Gasteiger partial charge in [0.1, 0.15) is 5.75 Å². The van der Waals surface area contributed by atoms with E-state index < -0.39 is 0 Å². The second-order valence-corrected chi connectivity index (χ2v) is 7.51. The quantitative estimate of drug-likeness (QED) is 0.416. The molecule has 3 rings (SSSR count). The second kappa shape index (κ2) is 9.84. The van der Waals surface area contributed by atoms with Gasteiger partial charge in [-0.05, 0) is 32.4 Å². The van der Waals surface area contributed by atoms with Crippen LogP contribution in [0.15, 0.2) is 12.1 Å².